The van der Waals surface area contributed by atoms with Gasteiger partial charge in [0.15, 0.2) is 18.6 Å². The van der Waals surface area contributed by atoms with Crippen LogP contribution in [0.25, 0.3) is 0 Å². The van der Waals surface area contributed by atoms with Crippen LogP contribution in [0.2, 0.25) is 0 Å². The summed E-state index contributed by atoms with van der Waals surface area (Å²) in [5.41, 5.74) is 0. The Morgan fingerprint density at radius 2 is 1.67 bits per heavy atom. The third-order valence-electron chi connectivity index (χ3n) is 1.48. The summed E-state index contributed by atoms with van der Waals surface area (Å²) in [6, 6.07) is -0.699. The Morgan fingerprint density at radius 3 is 1.78 bits per heavy atom. The molecule has 1 nitrogen and oxygen atoms in total. The van der Waals surface area contributed by atoms with Crippen LogP contribution < -0.4 is 5.32 Å². The molecule has 0 spiro atoms. The maximum absolute atomic E-state index is 12.3. The second-order valence-corrected chi connectivity index (χ2v) is 2.25. The van der Waals surface area contributed by atoms with Crippen LogP contribution in [0.1, 0.15) is 6.92 Å². The highest BCUT2D eigenvalue weighted by molar-refractivity contribution is 4.91. The molecule has 0 amide bonds. The Hall–Kier alpha value is -0.250. The fourth-order valence-corrected chi connectivity index (χ4v) is 0.872. The maximum atomic E-state index is 12.3. The summed E-state index contributed by atoms with van der Waals surface area (Å²) in [7, 11) is 0. The van der Waals surface area contributed by atoms with Gasteiger partial charge in [-0.15, -0.1) is 0 Å². The number of halogens is 3. The summed E-state index contributed by atoms with van der Waals surface area (Å²) in [5.74, 6) is 0. The van der Waals surface area contributed by atoms with E-state index >= 15 is 0 Å². The lowest BCUT2D eigenvalue weighted by atomic mass is 10.2. The molecule has 0 aromatic carbocycles. The normalized spacial score (nSPS) is 52.0. The second-order valence-electron chi connectivity index (χ2n) is 2.25. The molecule has 0 radical (unpaired) electrons. The van der Waals surface area contributed by atoms with Gasteiger partial charge in [-0.3, -0.25) is 5.32 Å². The summed E-state index contributed by atoms with van der Waals surface area (Å²) in [6.45, 7) is 1.41. The molecule has 4 atom stereocenters. The van der Waals surface area contributed by atoms with Gasteiger partial charge in [-0.1, -0.05) is 0 Å². The van der Waals surface area contributed by atoms with Crippen LogP contribution in [0.3, 0.4) is 0 Å². The minimum atomic E-state index is -1.99. The van der Waals surface area contributed by atoms with Crippen LogP contribution in [0, 0.1) is 0 Å². The second kappa shape index (κ2) is 2.17. The smallest absolute Gasteiger partial charge is 0.185 e. The molecule has 4 heteroatoms. The van der Waals surface area contributed by atoms with E-state index in [1.807, 2.05) is 0 Å². The molecule has 4 unspecified atom stereocenters. The van der Waals surface area contributed by atoms with Crippen molar-refractivity contribution in [1.82, 2.24) is 5.32 Å². The minimum Gasteiger partial charge on any atom is -0.280 e. The lowest BCUT2D eigenvalue weighted by Gasteiger charge is -2.03. The third kappa shape index (κ3) is 1.03. The van der Waals surface area contributed by atoms with Crippen molar-refractivity contribution in [1.29, 1.82) is 0 Å². The average molecular weight is 139 g/mol. The number of hydrogen-bond acceptors (Lipinski definition) is 1. The molecule has 1 fully saturated rings. The predicted molar refractivity (Wildman–Crippen MR) is 27.3 cm³/mol. The number of alkyl halides is 3. The van der Waals surface area contributed by atoms with Crippen LogP contribution in [0.4, 0.5) is 13.2 Å². The summed E-state index contributed by atoms with van der Waals surface area (Å²) >= 11 is 0. The van der Waals surface area contributed by atoms with Crippen molar-refractivity contribution in [3.8, 4) is 0 Å². The van der Waals surface area contributed by atoms with Gasteiger partial charge in [0.25, 0.3) is 0 Å². The highest BCUT2D eigenvalue weighted by atomic mass is 19.2. The molecule has 1 saturated heterocycles. The van der Waals surface area contributed by atoms with Crippen LogP contribution in [-0.2, 0) is 0 Å². The molecular weight excluding hydrogens is 131 g/mol. The van der Waals surface area contributed by atoms with Gasteiger partial charge in [-0.2, -0.15) is 0 Å². The van der Waals surface area contributed by atoms with E-state index < -0.39 is 24.7 Å². The number of nitrogens with one attached hydrogen (secondary N) is 1. The van der Waals surface area contributed by atoms with E-state index in [2.05, 4.69) is 5.32 Å². The van der Waals surface area contributed by atoms with Crippen LogP contribution in [0.5, 0.6) is 0 Å². The third-order valence-corrected chi connectivity index (χ3v) is 1.48. The molecule has 0 aliphatic carbocycles. The largest absolute Gasteiger partial charge is 0.280 e. The molecule has 0 saturated carbocycles. The minimum absolute atomic E-state index is 0.699. The van der Waals surface area contributed by atoms with Gasteiger partial charge in [-0.05, 0) is 6.92 Å². The first-order valence-electron chi connectivity index (χ1n) is 2.81. The van der Waals surface area contributed by atoms with Gasteiger partial charge < -0.3 is 0 Å². The topological polar surface area (TPSA) is 12.0 Å². The molecule has 1 N–H and O–H groups in total. The van der Waals surface area contributed by atoms with Crippen molar-refractivity contribution in [3.05, 3.63) is 0 Å². The zero-order valence-corrected chi connectivity index (χ0v) is 4.94. The summed E-state index contributed by atoms with van der Waals surface area (Å²) < 4.78 is 36.5. The first-order chi connectivity index (χ1) is 4.13. The lowest BCUT2D eigenvalue weighted by Crippen LogP contribution is -2.26. The van der Waals surface area contributed by atoms with Crippen molar-refractivity contribution < 1.29 is 13.2 Å². The quantitative estimate of drug-likeness (QED) is 0.493. The van der Waals surface area contributed by atoms with E-state index in [-0.39, 0.29) is 0 Å². The molecule has 1 rings (SSSR count). The zero-order valence-electron chi connectivity index (χ0n) is 4.94. The van der Waals surface area contributed by atoms with Gasteiger partial charge in [0.1, 0.15) is 0 Å². The Balaban J connectivity index is 2.54. The molecule has 0 aromatic rings. The zero-order chi connectivity index (χ0) is 7.02. The van der Waals surface area contributed by atoms with Gasteiger partial charge in [-0.25, -0.2) is 13.2 Å². The van der Waals surface area contributed by atoms with Crippen molar-refractivity contribution in [2.24, 2.45) is 0 Å². The van der Waals surface area contributed by atoms with Crippen molar-refractivity contribution >= 4 is 0 Å². The molecule has 54 valence electrons. The maximum Gasteiger partial charge on any atom is 0.185 e. The first-order valence-corrected chi connectivity index (χ1v) is 2.81. The fourth-order valence-electron chi connectivity index (χ4n) is 0.872. The Bertz CT molecular complexity index is 96.4. The molecule has 9 heavy (non-hydrogen) atoms. The Morgan fingerprint density at radius 1 is 1.11 bits per heavy atom. The van der Waals surface area contributed by atoms with Crippen molar-refractivity contribution in [2.75, 3.05) is 0 Å². The van der Waals surface area contributed by atoms with E-state index in [9.17, 15) is 13.2 Å². The SMILES string of the molecule is CC1NC(F)C(F)C1F. The van der Waals surface area contributed by atoms with Crippen LogP contribution >= 0.6 is 0 Å². The van der Waals surface area contributed by atoms with Gasteiger partial charge in [0.05, 0.1) is 0 Å². The average Bonchev–Trinajstić information content (AvgIpc) is 1.98. The van der Waals surface area contributed by atoms with Gasteiger partial charge in [0.2, 0.25) is 0 Å². The predicted octanol–water partition coefficient (Wildman–Crippen LogP) is 0.950. The highest BCUT2D eigenvalue weighted by Gasteiger charge is 2.41. The Labute approximate surface area is 51.2 Å². The van der Waals surface area contributed by atoms with E-state index in [0.717, 1.165) is 0 Å². The summed E-state index contributed by atoms with van der Waals surface area (Å²) in [6.07, 6.45) is -5.50. The molecular formula is C5H8F3N. The van der Waals surface area contributed by atoms with E-state index in [4.69, 9.17) is 0 Å². The number of hydrogen-bond donors (Lipinski definition) is 1. The molecule has 1 heterocycles. The summed E-state index contributed by atoms with van der Waals surface area (Å²) in [5, 5.41) is 2.10. The van der Waals surface area contributed by atoms with Gasteiger partial charge in [0, 0.05) is 6.04 Å². The monoisotopic (exact) mass is 139 g/mol. The van der Waals surface area contributed by atoms with E-state index in [1.165, 1.54) is 6.92 Å². The van der Waals surface area contributed by atoms with E-state index in [1.54, 1.807) is 0 Å². The first kappa shape index (κ1) is 6.86. The highest BCUT2D eigenvalue weighted by Crippen LogP contribution is 2.20. The molecule has 0 bridgehead atoms. The van der Waals surface area contributed by atoms with Crippen molar-refractivity contribution in [2.45, 2.75) is 31.6 Å². The standard InChI is InChI=1S/C5H8F3N/c1-2-3(6)4(7)5(8)9-2/h2-5,9H,1H3. The molecule has 1 aliphatic heterocycles. The van der Waals surface area contributed by atoms with Gasteiger partial charge >= 0.3 is 0 Å². The fraction of sp³-hybridized carbons (Fsp3) is 1.00. The van der Waals surface area contributed by atoms with E-state index in [0.29, 0.717) is 0 Å². The van der Waals surface area contributed by atoms with Crippen LogP contribution in [0.15, 0.2) is 0 Å². The molecule has 1 aliphatic rings. The van der Waals surface area contributed by atoms with Crippen LogP contribution in [-0.4, -0.2) is 24.7 Å². The number of rotatable bonds is 0. The lowest BCUT2D eigenvalue weighted by molar-refractivity contribution is 0.128. The summed E-state index contributed by atoms with van der Waals surface area (Å²) in [4.78, 5) is 0. The Kier molecular flexibility index (Phi) is 1.66. The molecule has 0 aromatic heterocycles. The van der Waals surface area contributed by atoms with Crippen molar-refractivity contribution in [3.63, 3.8) is 0 Å².